The minimum Gasteiger partial charge on any atom is -0.463 e. The molecule has 1 rings (SSSR count). The van der Waals surface area contributed by atoms with Crippen LogP contribution in [-0.4, -0.2) is 30.0 Å². The van der Waals surface area contributed by atoms with Gasteiger partial charge < -0.3 is 9.84 Å². The van der Waals surface area contributed by atoms with Gasteiger partial charge in [0.25, 0.3) is 0 Å². The first-order chi connectivity index (χ1) is 7.33. The van der Waals surface area contributed by atoms with Crippen LogP contribution in [0.15, 0.2) is 35.2 Å². The maximum atomic E-state index is 11.0. The van der Waals surface area contributed by atoms with Gasteiger partial charge in [-0.25, -0.2) is 0 Å². The van der Waals surface area contributed by atoms with Crippen LogP contribution >= 0.6 is 11.8 Å². The number of carbonyl (C=O) groups excluding carboxylic acids is 1. The fraction of sp³-hybridized carbons (Fsp3) is 0.364. The summed E-state index contributed by atoms with van der Waals surface area (Å²) < 4.78 is 4.73. The number of benzene rings is 1. The van der Waals surface area contributed by atoms with Crippen molar-refractivity contribution >= 4 is 17.7 Å². The number of aliphatic hydroxyl groups excluding tert-OH is 1. The summed E-state index contributed by atoms with van der Waals surface area (Å²) >= 11 is 1.62. The first kappa shape index (κ1) is 12.1. The first-order valence-corrected chi connectivity index (χ1v) is 5.76. The molecule has 0 spiro atoms. The lowest BCUT2D eigenvalue weighted by atomic mass is 10.4. The Morgan fingerprint density at radius 2 is 2.07 bits per heavy atom. The van der Waals surface area contributed by atoms with E-state index in [9.17, 15) is 4.79 Å². The second-order valence-corrected chi connectivity index (χ2v) is 4.02. The van der Waals surface area contributed by atoms with Gasteiger partial charge in [0.15, 0.2) is 0 Å². The number of aliphatic hydroxyl groups is 1. The van der Waals surface area contributed by atoms with Crippen LogP contribution in [0.5, 0.6) is 0 Å². The van der Waals surface area contributed by atoms with Gasteiger partial charge in [0.2, 0.25) is 0 Å². The van der Waals surface area contributed by atoms with Crippen LogP contribution in [0.3, 0.4) is 0 Å². The van der Waals surface area contributed by atoms with Crippen LogP contribution in [0.4, 0.5) is 0 Å². The van der Waals surface area contributed by atoms with Crippen molar-refractivity contribution in [2.75, 3.05) is 19.0 Å². The van der Waals surface area contributed by atoms with Gasteiger partial charge in [-0.1, -0.05) is 18.2 Å². The standard InChI is InChI=1S/C11H14O3S/c12-7-8-14-11(13)6-9-15-10-4-2-1-3-5-10/h1-5,12H,6-9H2. The second-order valence-electron chi connectivity index (χ2n) is 2.86. The maximum Gasteiger partial charge on any atom is 0.306 e. The van der Waals surface area contributed by atoms with Gasteiger partial charge in [-0.3, -0.25) is 4.79 Å². The van der Waals surface area contributed by atoms with E-state index in [2.05, 4.69) is 0 Å². The number of carbonyl (C=O) groups is 1. The Hall–Kier alpha value is -1.00. The van der Waals surface area contributed by atoms with Crippen molar-refractivity contribution in [1.82, 2.24) is 0 Å². The third-order valence-corrected chi connectivity index (χ3v) is 2.69. The Morgan fingerprint density at radius 3 is 2.73 bits per heavy atom. The van der Waals surface area contributed by atoms with Gasteiger partial charge in [0, 0.05) is 10.6 Å². The van der Waals surface area contributed by atoms with Gasteiger partial charge in [-0.05, 0) is 12.1 Å². The van der Waals surface area contributed by atoms with Gasteiger partial charge >= 0.3 is 5.97 Å². The van der Waals surface area contributed by atoms with E-state index in [1.54, 1.807) is 11.8 Å². The van der Waals surface area contributed by atoms with Crippen LogP contribution in [0.2, 0.25) is 0 Å². The zero-order valence-corrected chi connectivity index (χ0v) is 9.20. The Bertz CT molecular complexity index is 287. The zero-order valence-electron chi connectivity index (χ0n) is 8.39. The van der Waals surface area contributed by atoms with Crippen molar-refractivity contribution in [3.8, 4) is 0 Å². The maximum absolute atomic E-state index is 11.0. The number of hydrogen-bond acceptors (Lipinski definition) is 4. The molecule has 15 heavy (non-hydrogen) atoms. The minimum atomic E-state index is -0.257. The van der Waals surface area contributed by atoms with E-state index in [0.717, 1.165) is 4.90 Å². The third kappa shape index (κ3) is 5.44. The molecule has 1 aromatic carbocycles. The van der Waals surface area contributed by atoms with Crippen molar-refractivity contribution < 1.29 is 14.6 Å². The normalized spacial score (nSPS) is 9.93. The Balaban J connectivity index is 2.14. The molecular weight excluding hydrogens is 212 g/mol. The van der Waals surface area contributed by atoms with Crippen LogP contribution in [-0.2, 0) is 9.53 Å². The molecule has 3 nitrogen and oxygen atoms in total. The lowest BCUT2D eigenvalue weighted by Crippen LogP contribution is -2.08. The highest BCUT2D eigenvalue weighted by molar-refractivity contribution is 7.99. The molecule has 0 saturated carbocycles. The van der Waals surface area contributed by atoms with Gasteiger partial charge in [0.1, 0.15) is 6.61 Å². The van der Waals surface area contributed by atoms with Crippen molar-refractivity contribution in [2.24, 2.45) is 0 Å². The highest BCUT2D eigenvalue weighted by Crippen LogP contribution is 2.17. The zero-order chi connectivity index (χ0) is 10.9. The molecule has 0 aliphatic heterocycles. The molecule has 4 heteroatoms. The van der Waals surface area contributed by atoms with Gasteiger partial charge in [-0.2, -0.15) is 0 Å². The predicted octanol–water partition coefficient (Wildman–Crippen LogP) is 1.70. The summed E-state index contributed by atoms with van der Waals surface area (Å²) in [6.07, 6.45) is 0.375. The number of hydrogen-bond donors (Lipinski definition) is 1. The Labute approximate surface area is 93.4 Å². The number of rotatable bonds is 6. The first-order valence-electron chi connectivity index (χ1n) is 4.77. The van der Waals surface area contributed by atoms with Crippen molar-refractivity contribution in [3.05, 3.63) is 30.3 Å². The SMILES string of the molecule is O=C(CCSc1ccccc1)OCCO. The molecule has 0 fully saturated rings. The summed E-state index contributed by atoms with van der Waals surface area (Å²) in [7, 11) is 0. The summed E-state index contributed by atoms with van der Waals surface area (Å²) in [6, 6.07) is 9.89. The number of thioether (sulfide) groups is 1. The van der Waals surface area contributed by atoms with Crippen molar-refractivity contribution in [2.45, 2.75) is 11.3 Å². The lowest BCUT2D eigenvalue weighted by Gasteiger charge is -2.02. The molecule has 0 atom stereocenters. The lowest BCUT2D eigenvalue weighted by molar-refractivity contribution is -0.144. The highest BCUT2D eigenvalue weighted by atomic mass is 32.2. The molecule has 1 N–H and O–H groups in total. The monoisotopic (exact) mass is 226 g/mol. The van der Waals surface area contributed by atoms with Gasteiger partial charge in [-0.15, -0.1) is 11.8 Å². The number of ether oxygens (including phenoxy) is 1. The van der Waals surface area contributed by atoms with Crippen LogP contribution < -0.4 is 0 Å². The smallest absolute Gasteiger partial charge is 0.306 e. The van der Waals surface area contributed by atoms with E-state index in [0.29, 0.717) is 12.2 Å². The predicted molar refractivity (Wildman–Crippen MR) is 59.8 cm³/mol. The van der Waals surface area contributed by atoms with E-state index in [1.807, 2.05) is 30.3 Å². The molecular formula is C11H14O3S. The van der Waals surface area contributed by atoms with E-state index >= 15 is 0 Å². The van der Waals surface area contributed by atoms with E-state index in [-0.39, 0.29) is 19.2 Å². The summed E-state index contributed by atoms with van der Waals surface area (Å²) in [5.41, 5.74) is 0. The Kier molecular flexibility index (Phi) is 5.88. The largest absolute Gasteiger partial charge is 0.463 e. The molecule has 82 valence electrons. The van der Waals surface area contributed by atoms with E-state index in [1.165, 1.54) is 0 Å². The molecule has 0 aliphatic carbocycles. The topological polar surface area (TPSA) is 46.5 Å². The van der Waals surface area contributed by atoms with Crippen LogP contribution in [0.1, 0.15) is 6.42 Å². The molecule has 0 aromatic heterocycles. The average Bonchev–Trinajstić information content (AvgIpc) is 2.28. The van der Waals surface area contributed by atoms with E-state index < -0.39 is 0 Å². The Morgan fingerprint density at radius 1 is 1.33 bits per heavy atom. The molecule has 0 amide bonds. The second kappa shape index (κ2) is 7.31. The molecule has 0 aliphatic rings. The summed E-state index contributed by atoms with van der Waals surface area (Å²) in [5.74, 6) is 0.446. The average molecular weight is 226 g/mol. The fourth-order valence-electron chi connectivity index (χ4n) is 1.00. The highest BCUT2D eigenvalue weighted by Gasteiger charge is 2.02. The van der Waals surface area contributed by atoms with Crippen molar-refractivity contribution in [3.63, 3.8) is 0 Å². The molecule has 0 bridgehead atoms. The molecule has 1 aromatic rings. The molecule has 0 unspecified atom stereocenters. The van der Waals surface area contributed by atoms with Crippen LogP contribution in [0.25, 0.3) is 0 Å². The number of esters is 1. The summed E-state index contributed by atoms with van der Waals surface area (Å²) in [5, 5.41) is 8.44. The van der Waals surface area contributed by atoms with Crippen LogP contribution in [0, 0.1) is 0 Å². The quantitative estimate of drug-likeness (QED) is 0.592. The molecule has 0 radical (unpaired) electrons. The minimum absolute atomic E-state index is 0.0921. The van der Waals surface area contributed by atoms with Crippen molar-refractivity contribution in [1.29, 1.82) is 0 Å². The summed E-state index contributed by atoms with van der Waals surface area (Å²) in [6.45, 7) is -0.0214. The third-order valence-electron chi connectivity index (χ3n) is 1.67. The fourth-order valence-corrected chi connectivity index (χ4v) is 1.85. The molecule has 0 heterocycles. The van der Waals surface area contributed by atoms with E-state index in [4.69, 9.17) is 9.84 Å². The van der Waals surface area contributed by atoms with Gasteiger partial charge in [0.05, 0.1) is 13.0 Å². The molecule has 0 saturated heterocycles. The summed E-state index contributed by atoms with van der Waals surface area (Å²) in [4.78, 5) is 12.2.